The number of hydrogen-bond donors (Lipinski definition) is 0. The van der Waals surface area contributed by atoms with E-state index in [2.05, 4.69) is 10.1 Å². The average molecular weight is 335 g/mol. The van der Waals surface area contributed by atoms with Crippen LogP contribution in [0.25, 0.3) is 11.4 Å². The van der Waals surface area contributed by atoms with E-state index in [9.17, 15) is 4.79 Å². The molecule has 0 bridgehead atoms. The van der Waals surface area contributed by atoms with Crippen LogP contribution in [0.15, 0.2) is 53.1 Å². The molecule has 5 heteroatoms. The van der Waals surface area contributed by atoms with Crippen molar-refractivity contribution in [3.63, 3.8) is 0 Å². The molecule has 3 rings (SSSR count). The van der Waals surface area contributed by atoms with Crippen molar-refractivity contribution in [3.8, 4) is 11.4 Å². The lowest BCUT2D eigenvalue weighted by Gasteiger charge is -2.18. The predicted octanol–water partition coefficient (Wildman–Crippen LogP) is 4.02. The van der Waals surface area contributed by atoms with E-state index in [0.717, 1.165) is 16.7 Å². The monoisotopic (exact) mass is 335 g/mol. The molecule has 0 aliphatic rings. The van der Waals surface area contributed by atoms with Crippen LogP contribution in [0.1, 0.15) is 34.3 Å². The van der Waals surface area contributed by atoms with E-state index in [-0.39, 0.29) is 5.91 Å². The van der Waals surface area contributed by atoms with Gasteiger partial charge in [-0.15, -0.1) is 0 Å². The third-order valence-corrected chi connectivity index (χ3v) is 4.04. The summed E-state index contributed by atoms with van der Waals surface area (Å²) in [5.41, 5.74) is 3.82. The summed E-state index contributed by atoms with van der Waals surface area (Å²) in [5, 5.41) is 4.03. The molecule has 25 heavy (non-hydrogen) atoms. The van der Waals surface area contributed by atoms with Crippen molar-refractivity contribution >= 4 is 5.91 Å². The van der Waals surface area contributed by atoms with Crippen LogP contribution >= 0.6 is 0 Å². The third-order valence-electron chi connectivity index (χ3n) is 4.04. The van der Waals surface area contributed by atoms with Gasteiger partial charge < -0.3 is 9.42 Å². The molecule has 0 saturated carbocycles. The molecule has 0 unspecified atom stereocenters. The van der Waals surface area contributed by atoms with Crippen LogP contribution in [-0.4, -0.2) is 27.5 Å². The molecule has 0 atom stereocenters. The molecule has 2 aromatic carbocycles. The van der Waals surface area contributed by atoms with Crippen LogP contribution in [0.3, 0.4) is 0 Å². The number of benzene rings is 2. The first-order chi connectivity index (χ1) is 12.1. The maximum atomic E-state index is 12.6. The smallest absolute Gasteiger partial charge is 0.254 e. The maximum Gasteiger partial charge on any atom is 0.254 e. The zero-order valence-corrected chi connectivity index (χ0v) is 14.7. The summed E-state index contributed by atoms with van der Waals surface area (Å²) >= 11 is 0. The van der Waals surface area contributed by atoms with Gasteiger partial charge in [-0.3, -0.25) is 4.79 Å². The number of amides is 1. The Kier molecular flexibility index (Phi) is 4.93. The lowest BCUT2D eigenvalue weighted by Crippen LogP contribution is -2.30. The second-order valence-corrected chi connectivity index (χ2v) is 6.07. The number of aryl methyl sites for hydroxylation is 2. The topological polar surface area (TPSA) is 59.2 Å². The van der Waals surface area contributed by atoms with Crippen LogP contribution < -0.4 is 0 Å². The quantitative estimate of drug-likeness (QED) is 0.707. The molecular weight excluding hydrogens is 314 g/mol. The van der Waals surface area contributed by atoms with Gasteiger partial charge in [0.05, 0.1) is 0 Å². The van der Waals surface area contributed by atoms with Crippen LogP contribution in [-0.2, 0) is 6.54 Å². The minimum absolute atomic E-state index is 0.0437. The summed E-state index contributed by atoms with van der Waals surface area (Å²) in [6, 6.07) is 15.5. The van der Waals surface area contributed by atoms with Crippen LogP contribution in [0, 0.1) is 13.8 Å². The Hall–Kier alpha value is -2.95. The Morgan fingerprint density at radius 3 is 2.52 bits per heavy atom. The van der Waals surface area contributed by atoms with E-state index in [0.29, 0.717) is 30.4 Å². The van der Waals surface area contributed by atoms with E-state index in [1.165, 1.54) is 0 Å². The number of aromatic nitrogens is 2. The highest BCUT2D eigenvalue weighted by Crippen LogP contribution is 2.18. The van der Waals surface area contributed by atoms with Crippen LogP contribution in [0.5, 0.6) is 0 Å². The van der Waals surface area contributed by atoms with Gasteiger partial charge in [0.25, 0.3) is 5.91 Å². The average Bonchev–Trinajstić information content (AvgIpc) is 3.08. The Morgan fingerprint density at radius 2 is 1.84 bits per heavy atom. The van der Waals surface area contributed by atoms with E-state index < -0.39 is 0 Å². The van der Waals surface area contributed by atoms with Gasteiger partial charge in [0, 0.05) is 17.7 Å². The van der Waals surface area contributed by atoms with E-state index >= 15 is 0 Å². The van der Waals surface area contributed by atoms with Crippen molar-refractivity contribution in [2.24, 2.45) is 0 Å². The normalized spacial score (nSPS) is 10.7. The lowest BCUT2D eigenvalue weighted by atomic mass is 10.1. The summed E-state index contributed by atoms with van der Waals surface area (Å²) in [6.45, 7) is 6.81. The molecule has 0 fully saturated rings. The van der Waals surface area contributed by atoms with E-state index in [1.807, 2.05) is 69.3 Å². The van der Waals surface area contributed by atoms with Crippen LogP contribution in [0.4, 0.5) is 0 Å². The Morgan fingerprint density at radius 1 is 1.08 bits per heavy atom. The highest BCUT2D eigenvalue weighted by Gasteiger charge is 2.18. The summed E-state index contributed by atoms with van der Waals surface area (Å²) < 4.78 is 5.34. The lowest BCUT2D eigenvalue weighted by molar-refractivity contribution is 0.0734. The minimum atomic E-state index is -0.0437. The van der Waals surface area contributed by atoms with Gasteiger partial charge in [-0.2, -0.15) is 4.98 Å². The number of rotatable bonds is 5. The van der Waals surface area contributed by atoms with Gasteiger partial charge in [-0.1, -0.05) is 46.6 Å². The third kappa shape index (κ3) is 3.94. The summed E-state index contributed by atoms with van der Waals surface area (Å²) in [5.74, 6) is 0.925. The van der Waals surface area contributed by atoms with Crippen molar-refractivity contribution in [1.29, 1.82) is 0 Å². The van der Waals surface area contributed by atoms with Crippen molar-refractivity contribution in [3.05, 3.63) is 71.1 Å². The zero-order chi connectivity index (χ0) is 17.8. The number of carbonyl (C=O) groups excluding carboxylic acids is 1. The molecule has 0 saturated heterocycles. The van der Waals surface area contributed by atoms with Crippen molar-refractivity contribution in [1.82, 2.24) is 15.0 Å². The molecule has 0 radical (unpaired) electrons. The molecule has 0 spiro atoms. The predicted molar refractivity (Wildman–Crippen MR) is 96.1 cm³/mol. The molecule has 128 valence electrons. The number of hydrogen-bond acceptors (Lipinski definition) is 4. The second-order valence-electron chi connectivity index (χ2n) is 6.07. The molecule has 5 nitrogen and oxygen atoms in total. The van der Waals surface area contributed by atoms with Gasteiger partial charge in [-0.25, -0.2) is 0 Å². The molecule has 1 amide bonds. The zero-order valence-electron chi connectivity index (χ0n) is 14.7. The fraction of sp³-hybridized carbons (Fsp3) is 0.250. The van der Waals surface area contributed by atoms with Crippen molar-refractivity contribution in [2.75, 3.05) is 6.54 Å². The second kappa shape index (κ2) is 7.30. The van der Waals surface area contributed by atoms with Gasteiger partial charge in [0.2, 0.25) is 11.7 Å². The van der Waals surface area contributed by atoms with Gasteiger partial charge >= 0.3 is 0 Å². The Labute approximate surface area is 147 Å². The van der Waals surface area contributed by atoms with E-state index in [4.69, 9.17) is 4.52 Å². The molecule has 0 aliphatic carbocycles. The maximum absolute atomic E-state index is 12.6. The van der Waals surface area contributed by atoms with Crippen LogP contribution in [0.2, 0.25) is 0 Å². The summed E-state index contributed by atoms with van der Waals surface area (Å²) in [6.07, 6.45) is 0. The molecule has 3 aromatic rings. The summed E-state index contributed by atoms with van der Waals surface area (Å²) in [4.78, 5) is 18.8. The molecule has 1 heterocycles. The Balaban J connectivity index is 1.76. The molecular formula is C20H21N3O2. The van der Waals surface area contributed by atoms with Crippen molar-refractivity contribution in [2.45, 2.75) is 27.3 Å². The fourth-order valence-corrected chi connectivity index (χ4v) is 2.59. The molecule has 0 aliphatic heterocycles. The number of nitrogens with zero attached hydrogens (tertiary/aromatic N) is 3. The van der Waals surface area contributed by atoms with Gasteiger partial charge in [-0.05, 0) is 39.0 Å². The van der Waals surface area contributed by atoms with Crippen molar-refractivity contribution < 1.29 is 9.32 Å². The largest absolute Gasteiger partial charge is 0.337 e. The van der Waals surface area contributed by atoms with Gasteiger partial charge in [0.15, 0.2) is 0 Å². The SMILES string of the molecule is CCN(Cc1nc(-c2cccc(C)c2)no1)C(=O)c1ccc(C)cc1. The highest BCUT2D eigenvalue weighted by molar-refractivity contribution is 5.94. The standard InChI is InChI=1S/C20H21N3O2/c1-4-23(20(24)16-10-8-14(2)9-11-16)13-18-21-19(22-25-18)17-7-5-6-15(3)12-17/h5-12H,4,13H2,1-3H3. The summed E-state index contributed by atoms with van der Waals surface area (Å²) in [7, 11) is 0. The molecule has 0 N–H and O–H groups in total. The first kappa shape index (κ1) is 16.9. The molecule has 1 aromatic heterocycles. The highest BCUT2D eigenvalue weighted by atomic mass is 16.5. The van der Waals surface area contributed by atoms with E-state index in [1.54, 1.807) is 4.90 Å². The number of carbonyl (C=O) groups is 1. The first-order valence-electron chi connectivity index (χ1n) is 8.32. The minimum Gasteiger partial charge on any atom is -0.337 e. The van der Waals surface area contributed by atoms with Gasteiger partial charge in [0.1, 0.15) is 6.54 Å². The fourth-order valence-electron chi connectivity index (χ4n) is 2.59. The first-order valence-corrected chi connectivity index (χ1v) is 8.32. The Bertz CT molecular complexity index is 869.